The van der Waals surface area contributed by atoms with Crippen LogP contribution in [0.1, 0.15) is 11.9 Å². The number of nitrogens with zero attached hydrogens (tertiary/aromatic N) is 5. The topological polar surface area (TPSA) is 98.7 Å². The Labute approximate surface area is 175 Å². The summed E-state index contributed by atoms with van der Waals surface area (Å²) in [6.45, 7) is 7.95. The first-order valence-corrected chi connectivity index (χ1v) is 10.6. The van der Waals surface area contributed by atoms with Crippen LogP contribution in [0, 0.1) is 6.92 Å². The summed E-state index contributed by atoms with van der Waals surface area (Å²) < 4.78 is 7.81. The van der Waals surface area contributed by atoms with Crippen LogP contribution >= 0.6 is 23.1 Å². The number of para-hydroxylation sites is 1. The van der Waals surface area contributed by atoms with Crippen LogP contribution in [0.25, 0.3) is 22.6 Å². The maximum atomic E-state index is 12.5. The molecule has 3 heterocycles. The van der Waals surface area contributed by atoms with E-state index in [-0.39, 0.29) is 5.91 Å². The lowest BCUT2D eigenvalue weighted by Gasteiger charge is -2.11. The molecule has 1 N–H and O–H groups in total. The van der Waals surface area contributed by atoms with E-state index < -0.39 is 5.25 Å². The Hall–Kier alpha value is -2.98. The zero-order valence-electron chi connectivity index (χ0n) is 15.8. The van der Waals surface area contributed by atoms with Gasteiger partial charge in [-0.05, 0) is 26.0 Å². The van der Waals surface area contributed by atoms with Crippen molar-refractivity contribution in [2.24, 2.45) is 0 Å². The summed E-state index contributed by atoms with van der Waals surface area (Å²) >= 11 is 2.64. The number of aromatic nitrogens is 5. The standard InChI is InChI=1S/C19H18N6O2S2/c1-4-9-25-16(15-10-13-7-5-6-8-14(13)27-15)22-24-19(25)28-11(2)17(26)20-18-23-21-12(3)29-18/h4-8,10-11H,1,9H2,2-3H3,(H,20,23,26). The zero-order chi connectivity index (χ0) is 20.4. The number of fused-ring (bicyclic) bond motifs is 1. The fraction of sp³-hybridized carbons (Fsp3) is 0.211. The predicted octanol–water partition coefficient (Wildman–Crippen LogP) is 4.16. The van der Waals surface area contributed by atoms with Crippen LogP contribution in [0.2, 0.25) is 0 Å². The molecule has 0 saturated carbocycles. The van der Waals surface area contributed by atoms with Crippen molar-refractivity contribution in [3.8, 4) is 11.6 Å². The third-order valence-electron chi connectivity index (χ3n) is 4.08. The van der Waals surface area contributed by atoms with Crippen LogP contribution in [0.3, 0.4) is 0 Å². The summed E-state index contributed by atoms with van der Waals surface area (Å²) in [5.41, 5.74) is 0.782. The van der Waals surface area contributed by atoms with Gasteiger partial charge in [-0.2, -0.15) is 0 Å². The summed E-state index contributed by atoms with van der Waals surface area (Å²) in [6.07, 6.45) is 1.76. The van der Waals surface area contributed by atoms with Crippen molar-refractivity contribution in [2.75, 3.05) is 5.32 Å². The second-order valence-corrected chi connectivity index (χ2v) is 8.72. The number of aryl methyl sites for hydroxylation is 1. The molecule has 0 bridgehead atoms. The van der Waals surface area contributed by atoms with Crippen molar-refractivity contribution in [3.63, 3.8) is 0 Å². The van der Waals surface area contributed by atoms with Crippen molar-refractivity contribution in [1.29, 1.82) is 0 Å². The second kappa shape index (κ2) is 8.18. The Morgan fingerprint density at radius 1 is 1.34 bits per heavy atom. The largest absolute Gasteiger partial charge is 0.453 e. The summed E-state index contributed by atoms with van der Waals surface area (Å²) in [6, 6.07) is 9.70. The van der Waals surface area contributed by atoms with E-state index in [9.17, 15) is 4.79 Å². The minimum atomic E-state index is -0.407. The molecule has 4 rings (SSSR count). The smallest absolute Gasteiger partial charge is 0.239 e. The van der Waals surface area contributed by atoms with Crippen LogP contribution in [-0.4, -0.2) is 36.1 Å². The lowest BCUT2D eigenvalue weighted by atomic mass is 10.2. The number of benzene rings is 1. The van der Waals surface area contributed by atoms with E-state index in [1.807, 2.05) is 48.7 Å². The summed E-state index contributed by atoms with van der Waals surface area (Å²) in [5.74, 6) is 1.04. The maximum absolute atomic E-state index is 12.5. The molecule has 10 heteroatoms. The number of thioether (sulfide) groups is 1. The third-order valence-corrected chi connectivity index (χ3v) is 5.92. The van der Waals surface area contributed by atoms with E-state index in [4.69, 9.17) is 4.42 Å². The molecule has 29 heavy (non-hydrogen) atoms. The molecule has 0 aliphatic rings. The molecule has 0 saturated heterocycles. The van der Waals surface area contributed by atoms with Crippen molar-refractivity contribution in [3.05, 3.63) is 48.0 Å². The summed E-state index contributed by atoms with van der Waals surface area (Å²) in [7, 11) is 0. The van der Waals surface area contributed by atoms with Gasteiger partial charge in [-0.3, -0.25) is 14.7 Å². The van der Waals surface area contributed by atoms with Crippen molar-refractivity contribution >= 4 is 45.1 Å². The highest BCUT2D eigenvalue weighted by molar-refractivity contribution is 8.00. The van der Waals surface area contributed by atoms with Crippen LogP contribution < -0.4 is 5.32 Å². The number of allylic oxidation sites excluding steroid dienone is 1. The first-order chi connectivity index (χ1) is 14.0. The van der Waals surface area contributed by atoms with Crippen LogP contribution in [0.4, 0.5) is 5.13 Å². The number of rotatable bonds is 7. The minimum Gasteiger partial charge on any atom is -0.453 e. The van der Waals surface area contributed by atoms with Crippen molar-refractivity contribution < 1.29 is 9.21 Å². The average molecular weight is 427 g/mol. The first-order valence-electron chi connectivity index (χ1n) is 8.86. The van der Waals surface area contributed by atoms with E-state index in [2.05, 4.69) is 32.3 Å². The monoisotopic (exact) mass is 426 g/mol. The van der Waals surface area contributed by atoms with Gasteiger partial charge in [-0.1, -0.05) is 47.4 Å². The summed E-state index contributed by atoms with van der Waals surface area (Å²) in [4.78, 5) is 12.5. The van der Waals surface area contributed by atoms with Gasteiger partial charge >= 0.3 is 0 Å². The molecule has 8 nitrogen and oxygen atoms in total. The number of amides is 1. The molecule has 0 aliphatic heterocycles. The van der Waals surface area contributed by atoms with E-state index in [0.29, 0.717) is 28.4 Å². The molecule has 0 aliphatic carbocycles. The van der Waals surface area contributed by atoms with Gasteiger partial charge in [0.2, 0.25) is 16.9 Å². The van der Waals surface area contributed by atoms with Crippen molar-refractivity contribution in [2.45, 2.75) is 30.8 Å². The Balaban J connectivity index is 1.57. The molecule has 4 aromatic rings. The second-order valence-electron chi connectivity index (χ2n) is 6.23. The molecule has 0 radical (unpaired) electrons. The average Bonchev–Trinajstić information content (AvgIpc) is 3.41. The van der Waals surface area contributed by atoms with Gasteiger partial charge in [0.1, 0.15) is 10.6 Å². The number of furan rings is 1. The van der Waals surface area contributed by atoms with E-state index in [0.717, 1.165) is 16.0 Å². The molecule has 1 aromatic carbocycles. The highest BCUT2D eigenvalue weighted by atomic mass is 32.2. The Bertz CT molecular complexity index is 1150. The van der Waals surface area contributed by atoms with Gasteiger partial charge in [0.05, 0.1) is 5.25 Å². The zero-order valence-corrected chi connectivity index (χ0v) is 17.5. The molecule has 0 spiro atoms. The Kier molecular flexibility index (Phi) is 5.45. The number of nitrogens with one attached hydrogen (secondary N) is 1. The van der Waals surface area contributed by atoms with Gasteiger partial charge in [-0.15, -0.1) is 27.0 Å². The SMILES string of the molecule is C=CCn1c(SC(C)C(=O)Nc2nnc(C)s2)nnc1-c1cc2ccccc2o1. The predicted molar refractivity (Wildman–Crippen MR) is 114 cm³/mol. The van der Waals surface area contributed by atoms with E-state index in [1.54, 1.807) is 6.08 Å². The number of hydrogen-bond acceptors (Lipinski definition) is 8. The highest BCUT2D eigenvalue weighted by Crippen LogP contribution is 2.31. The van der Waals surface area contributed by atoms with Gasteiger partial charge in [-0.25, -0.2) is 0 Å². The number of carbonyl (C=O) groups excluding carboxylic acids is 1. The van der Waals surface area contributed by atoms with Crippen LogP contribution in [0.15, 0.2) is 52.6 Å². The molecular weight excluding hydrogens is 408 g/mol. The van der Waals surface area contributed by atoms with Crippen LogP contribution in [-0.2, 0) is 11.3 Å². The quantitative estimate of drug-likeness (QED) is 0.350. The number of anilines is 1. The molecule has 0 fully saturated rings. The molecule has 148 valence electrons. The molecule has 1 amide bonds. The molecule has 1 unspecified atom stereocenters. The van der Waals surface area contributed by atoms with Gasteiger partial charge in [0.15, 0.2) is 10.9 Å². The normalized spacial score (nSPS) is 12.2. The van der Waals surface area contributed by atoms with Crippen LogP contribution in [0.5, 0.6) is 0 Å². The van der Waals surface area contributed by atoms with Gasteiger partial charge in [0, 0.05) is 11.9 Å². The fourth-order valence-corrected chi connectivity index (χ4v) is 4.16. The van der Waals surface area contributed by atoms with E-state index >= 15 is 0 Å². The minimum absolute atomic E-state index is 0.176. The Morgan fingerprint density at radius 3 is 2.90 bits per heavy atom. The van der Waals surface area contributed by atoms with E-state index in [1.165, 1.54) is 23.1 Å². The number of hydrogen-bond donors (Lipinski definition) is 1. The maximum Gasteiger partial charge on any atom is 0.239 e. The highest BCUT2D eigenvalue weighted by Gasteiger charge is 2.22. The fourth-order valence-electron chi connectivity index (χ4n) is 2.71. The molecule has 3 aromatic heterocycles. The van der Waals surface area contributed by atoms with Crippen molar-refractivity contribution in [1.82, 2.24) is 25.0 Å². The summed E-state index contributed by atoms with van der Waals surface area (Å²) in [5, 5.41) is 21.7. The van der Waals surface area contributed by atoms with Gasteiger partial charge in [0.25, 0.3) is 0 Å². The lowest BCUT2D eigenvalue weighted by Crippen LogP contribution is -2.22. The Morgan fingerprint density at radius 2 is 2.17 bits per heavy atom. The number of carbonyl (C=O) groups is 1. The lowest BCUT2D eigenvalue weighted by molar-refractivity contribution is -0.115. The molecule has 1 atom stereocenters. The molecular formula is C19H18N6O2S2. The van der Waals surface area contributed by atoms with Gasteiger partial charge < -0.3 is 4.42 Å². The third kappa shape index (κ3) is 4.08. The first kappa shape index (κ1) is 19.3.